The van der Waals surface area contributed by atoms with Crippen molar-refractivity contribution in [3.63, 3.8) is 0 Å². The van der Waals surface area contributed by atoms with Crippen LogP contribution in [-0.2, 0) is 17.6 Å². The summed E-state index contributed by atoms with van der Waals surface area (Å²) in [5, 5.41) is 20.4. The van der Waals surface area contributed by atoms with Crippen molar-refractivity contribution < 1.29 is 14.7 Å². The number of anilines is 1. The van der Waals surface area contributed by atoms with Gasteiger partial charge in [-0.25, -0.2) is 0 Å². The minimum absolute atomic E-state index is 0.152. The minimum atomic E-state index is -0.755. The zero-order valence-electron chi connectivity index (χ0n) is 17.7. The maximum Gasteiger partial charge on any atom is 0.303 e. The van der Waals surface area contributed by atoms with E-state index in [1.165, 1.54) is 12.0 Å². The number of hydrogen-bond acceptors (Lipinski definition) is 3. The Hall–Kier alpha value is -3.15. The van der Waals surface area contributed by atoms with Gasteiger partial charge in [-0.1, -0.05) is 18.2 Å². The fourth-order valence-corrected chi connectivity index (χ4v) is 4.61. The van der Waals surface area contributed by atoms with Crippen LogP contribution in [0.4, 0.5) is 5.69 Å². The lowest BCUT2D eigenvalue weighted by Gasteiger charge is -2.29. The fourth-order valence-electron chi connectivity index (χ4n) is 4.61. The van der Waals surface area contributed by atoms with Crippen LogP contribution in [0.2, 0.25) is 0 Å². The smallest absolute Gasteiger partial charge is 0.303 e. The van der Waals surface area contributed by atoms with Crippen molar-refractivity contribution in [1.29, 1.82) is 5.41 Å². The van der Waals surface area contributed by atoms with E-state index in [1.807, 2.05) is 30.3 Å². The molecule has 1 saturated heterocycles. The van der Waals surface area contributed by atoms with Gasteiger partial charge in [0.2, 0.25) is 0 Å². The first-order chi connectivity index (χ1) is 15.0. The predicted octanol–water partition coefficient (Wildman–Crippen LogP) is 4.33. The van der Waals surface area contributed by atoms with E-state index in [0.29, 0.717) is 11.4 Å². The molecule has 1 aliphatic carbocycles. The number of nitrogens with one attached hydrogen (secondary N) is 2. The number of nitrogens with zero attached hydrogens (tertiary/aromatic N) is 1. The second kappa shape index (κ2) is 9.33. The third kappa shape index (κ3) is 5.13. The molecule has 162 valence electrons. The van der Waals surface area contributed by atoms with Gasteiger partial charge in [-0.05, 0) is 79.8 Å². The van der Waals surface area contributed by atoms with Gasteiger partial charge in [-0.2, -0.15) is 0 Å². The number of benzene rings is 2. The summed E-state index contributed by atoms with van der Waals surface area (Å²) < 4.78 is 0. The summed E-state index contributed by atoms with van der Waals surface area (Å²) in [6.07, 6.45) is 6.18. The summed E-state index contributed by atoms with van der Waals surface area (Å²) in [6.45, 7) is 1.85. The average molecular weight is 420 g/mol. The quantitative estimate of drug-likeness (QED) is 0.497. The van der Waals surface area contributed by atoms with Crippen LogP contribution < -0.4 is 5.32 Å². The molecule has 2 aliphatic rings. The van der Waals surface area contributed by atoms with E-state index in [0.717, 1.165) is 62.0 Å². The SMILES string of the molecule is N=C(c1ccc(C(=O)Nc2ccc3c(c2)CC(CC(=O)O)CC3)cc1)N1CCCCC1. The highest BCUT2D eigenvalue weighted by Crippen LogP contribution is 2.29. The standard InChI is InChI=1S/C25H29N3O3/c26-24(28-12-2-1-3-13-28)19-6-8-20(9-7-19)25(31)27-22-11-10-18-5-4-17(15-23(29)30)14-21(18)16-22/h6-11,16-17,26H,1-5,12-15H2,(H,27,31)(H,29,30). The van der Waals surface area contributed by atoms with E-state index in [1.54, 1.807) is 12.1 Å². The highest BCUT2D eigenvalue weighted by molar-refractivity contribution is 6.05. The molecule has 1 heterocycles. The lowest BCUT2D eigenvalue weighted by atomic mass is 9.82. The molecule has 0 saturated carbocycles. The van der Waals surface area contributed by atoms with Crippen LogP contribution in [0, 0.1) is 11.3 Å². The van der Waals surface area contributed by atoms with Crippen molar-refractivity contribution in [1.82, 2.24) is 4.90 Å². The number of fused-ring (bicyclic) bond motifs is 1. The van der Waals surface area contributed by atoms with Gasteiger partial charge in [0, 0.05) is 36.3 Å². The van der Waals surface area contributed by atoms with Crippen LogP contribution in [-0.4, -0.2) is 40.8 Å². The number of aliphatic carboxylic acids is 1. The highest BCUT2D eigenvalue weighted by Gasteiger charge is 2.21. The molecule has 1 atom stereocenters. The van der Waals surface area contributed by atoms with Crippen LogP contribution in [0.5, 0.6) is 0 Å². The summed E-state index contributed by atoms with van der Waals surface area (Å²) >= 11 is 0. The molecule has 6 nitrogen and oxygen atoms in total. The summed E-state index contributed by atoms with van der Waals surface area (Å²) in [5.74, 6) is -0.264. The van der Waals surface area contributed by atoms with Crippen LogP contribution in [0.15, 0.2) is 42.5 Å². The number of carboxylic acid groups (broad SMARTS) is 1. The number of carbonyl (C=O) groups is 2. The number of carboxylic acids is 1. The van der Waals surface area contributed by atoms with Gasteiger partial charge >= 0.3 is 5.97 Å². The number of aryl methyl sites for hydroxylation is 1. The Kier molecular flexibility index (Phi) is 6.35. The Morgan fingerprint density at radius 2 is 1.71 bits per heavy atom. The van der Waals surface area contributed by atoms with E-state index >= 15 is 0 Å². The van der Waals surface area contributed by atoms with E-state index in [2.05, 4.69) is 10.2 Å². The molecule has 0 radical (unpaired) electrons. The van der Waals surface area contributed by atoms with E-state index < -0.39 is 5.97 Å². The molecule has 0 bridgehead atoms. The normalized spacial score (nSPS) is 18.2. The third-order valence-corrected chi connectivity index (χ3v) is 6.35. The molecule has 6 heteroatoms. The molecule has 1 unspecified atom stereocenters. The summed E-state index contributed by atoms with van der Waals surface area (Å²) in [5.41, 5.74) is 4.47. The second-order valence-electron chi connectivity index (χ2n) is 8.62. The number of piperidine rings is 1. The van der Waals surface area contributed by atoms with Crippen LogP contribution in [0.3, 0.4) is 0 Å². The maximum absolute atomic E-state index is 12.7. The van der Waals surface area contributed by atoms with Crippen molar-refractivity contribution in [3.05, 3.63) is 64.7 Å². The zero-order valence-corrected chi connectivity index (χ0v) is 17.7. The summed E-state index contributed by atoms with van der Waals surface area (Å²) in [7, 11) is 0. The number of hydrogen-bond donors (Lipinski definition) is 3. The number of rotatable bonds is 5. The number of amides is 1. The van der Waals surface area contributed by atoms with E-state index in [-0.39, 0.29) is 18.2 Å². The zero-order chi connectivity index (χ0) is 21.8. The number of carbonyl (C=O) groups excluding carboxylic acids is 1. The third-order valence-electron chi connectivity index (χ3n) is 6.35. The average Bonchev–Trinajstić information content (AvgIpc) is 2.78. The Bertz CT molecular complexity index is 978. The first-order valence-corrected chi connectivity index (χ1v) is 11.1. The fraction of sp³-hybridized carbons (Fsp3) is 0.400. The van der Waals surface area contributed by atoms with Crippen molar-refractivity contribution in [2.75, 3.05) is 18.4 Å². The van der Waals surface area contributed by atoms with E-state index in [9.17, 15) is 9.59 Å². The van der Waals surface area contributed by atoms with Crippen molar-refractivity contribution >= 4 is 23.4 Å². The predicted molar refractivity (Wildman–Crippen MR) is 121 cm³/mol. The van der Waals surface area contributed by atoms with Crippen molar-refractivity contribution in [3.8, 4) is 0 Å². The topological polar surface area (TPSA) is 93.5 Å². The largest absolute Gasteiger partial charge is 0.481 e. The summed E-state index contributed by atoms with van der Waals surface area (Å²) in [4.78, 5) is 25.9. The lowest BCUT2D eigenvalue weighted by molar-refractivity contribution is -0.138. The van der Waals surface area contributed by atoms with Gasteiger partial charge in [0.25, 0.3) is 5.91 Å². The van der Waals surface area contributed by atoms with Gasteiger partial charge in [0.15, 0.2) is 0 Å². The monoisotopic (exact) mass is 419 g/mol. The molecular weight excluding hydrogens is 390 g/mol. The number of amidine groups is 1. The van der Waals surface area contributed by atoms with Crippen LogP contribution in [0.1, 0.15) is 59.2 Å². The highest BCUT2D eigenvalue weighted by atomic mass is 16.4. The molecule has 1 aliphatic heterocycles. The number of likely N-dealkylation sites (tertiary alicyclic amines) is 1. The van der Waals surface area contributed by atoms with Crippen LogP contribution >= 0.6 is 0 Å². The van der Waals surface area contributed by atoms with Gasteiger partial charge in [0.05, 0.1) is 0 Å². The molecule has 2 aromatic rings. The van der Waals surface area contributed by atoms with Gasteiger partial charge < -0.3 is 15.3 Å². The molecule has 1 fully saturated rings. The molecule has 1 amide bonds. The molecule has 2 aromatic carbocycles. The van der Waals surface area contributed by atoms with E-state index in [4.69, 9.17) is 10.5 Å². The molecule has 0 spiro atoms. The van der Waals surface area contributed by atoms with Crippen LogP contribution in [0.25, 0.3) is 0 Å². The molecule has 31 heavy (non-hydrogen) atoms. The van der Waals surface area contributed by atoms with Crippen molar-refractivity contribution in [2.24, 2.45) is 5.92 Å². The first-order valence-electron chi connectivity index (χ1n) is 11.1. The molecular formula is C25H29N3O3. The Labute approximate surface area is 182 Å². The maximum atomic E-state index is 12.7. The molecule has 0 aromatic heterocycles. The lowest BCUT2D eigenvalue weighted by Crippen LogP contribution is -2.35. The first kappa shape index (κ1) is 21.1. The minimum Gasteiger partial charge on any atom is -0.481 e. The van der Waals surface area contributed by atoms with Gasteiger partial charge in [-0.3, -0.25) is 15.0 Å². The van der Waals surface area contributed by atoms with Gasteiger partial charge in [0.1, 0.15) is 5.84 Å². The Morgan fingerprint density at radius 3 is 2.42 bits per heavy atom. The Morgan fingerprint density at radius 1 is 1.00 bits per heavy atom. The summed E-state index contributed by atoms with van der Waals surface area (Å²) in [6, 6.07) is 13.1. The Balaban J connectivity index is 1.40. The van der Waals surface area contributed by atoms with Crippen molar-refractivity contribution in [2.45, 2.75) is 44.9 Å². The molecule has 3 N–H and O–H groups in total. The second-order valence-corrected chi connectivity index (χ2v) is 8.62. The molecule has 4 rings (SSSR count). The van der Waals surface area contributed by atoms with Gasteiger partial charge in [-0.15, -0.1) is 0 Å².